The number of carbonyl (C=O) groups excluding carboxylic acids is 1. The summed E-state index contributed by atoms with van der Waals surface area (Å²) >= 11 is 11.8. The Bertz CT molecular complexity index is 426. The lowest BCUT2D eigenvalue weighted by Gasteiger charge is -2.10. The first kappa shape index (κ1) is 13.7. The molecule has 0 aromatic heterocycles. The zero-order chi connectivity index (χ0) is 13.0. The van der Waals surface area contributed by atoms with Gasteiger partial charge in [-0.3, -0.25) is 4.79 Å². The molecule has 1 aromatic carbocycles. The molecule has 0 radical (unpaired) electrons. The zero-order valence-electron chi connectivity index (χ0n) is 10.1. The minimum absolute atomic E-state index is 0.253. The quantitative estimate of drug-likeness (QED) is 0.795. The van der Waals surface area contributed by atoms with Gasteiger partial charge in [0.25, 0.3) is 0 Å². The van der Waals surface area contributed by atoms with E-state index < -0.39 is 0 Å². The number of hydrogen-bond donors (Lipinski definition) is 0. The second-order valence-corrected chi connectivity index (χ2v) is 5.46. The van der Waals surface area contributed by atoms with Gasteiger partial charge in [-0.2, -0.15) is 0 Å². The highest BCUT2D eigenvalue weighted by Gasteiger charge is 2.22. The molecule has 0 spiro atoms. The molecule has 0 N–H and O–H groups in total. The Labute approximate surface area is 117 Å². The van der Waals surface area contributed by atoms with E-state index in [0.29, 0.717) is 34.6 Å². The van der Waals surface area contributed by atoms with Crippen molar-refractivity contribution in [2.24, 2.45) is 5.92 Å². The van der Waals surface area contributed by atoms with Crippen LogP contribution < -0.4 is 4.74 Å². The van der Waals surface area contributed by atoms with Crippen LogP contribution in [0.5, 0.6) is 5.75 Å². The van der Waals surface area contributed by atoms with Crippen LogP contribution in [0.2, 0.25) is 10.0 Å². The predicted octanol–water partition coefficient (Wildman–Crippen LogP) is 4.52. The predicted molar refractivity (Wildman–Crippen MR) is 73.5 cm³/mol. The molecule has 0 heterocycles. The Morgan fingerprint density at radius 2 is 2.00 bits per heavy atom. The van der Waals surface area contributed by atoms with E-state index in [9.17, 15) is 4.79 Å². The maximum Gasteiger partial charge on any atom is 0.139 e. The summed E-state index contributed by atoms with van der Waals surface area (Å²) in [6.07, 6.45) is 4.88. The van der Waals surface area contributed by atoms with Gasteiger partial charge < -0.3 is 4.74 Å². The molecule has 1 aromatic rings. The lowest BCUT2D eigenvalue weighted by molar-refractivity contribution is -0.123. The van der Waals surface area contributed by atoms with Crippen LogP contribution in [0, 0.1) is 5.92 Å². The lowest BCUT2D eigenvalue weighted by Crippen LogP contribution is -2.14. The van der Waals surface area contributed by atoms with Gasteiger partial charge in [0.2, 0.25) is 0 Å². The summed E-state index contributed by atoms with van der Waals surface area (Å²) in [5.41, 5.74) is 0. The molecule has 0 amide bonds. The summed E-state index contributed by atoms with van der Waals surface area (Å²) in [6.45, 7) is 0.370. The third kappa shape index (κ3) is 3.63. The molecule has 18 heavy (non-hydrogen) atoms. The van der Waals surface area contributed by atoms with Crippen LogP contribution in [-0.4, -0.2) is 12.4 Å². The minimum atomic E-state index is 0.253. The van der Waals surface area contributed by atoms with Crippen molar-refractivity contribution in [2.45, 2.75) is 32.1 Å². The van der Waals surface area contributed by atoms with Crippen LogP contribution >= 0.6 is 23.2 Å². The van der Waals surface area contributed by atoms with Gasteiger partial charge in [0.15, 0.2) is 0 Å². The van der Waals surface area contributed by atoms with Crippen molar-refractivity contribution in [3.05, 3.63) is 28.2 Å². The first-order valence-electron chi connectivity index (χ1n) is 6.27. The number of hydrogen-bond acceptors (Lipinski definition) is 2. The second-order valence-electron chi connectivity index (χ2n) is 4.62. The van der Waals surface area contributed by atoms with Gasteiger partial charge in [0.05, 0.1) is 11.6 Å². The van der Waals surface area contributed by atoms with Crippen molar-refractivity contribution in [1.29, 1.82) is 0 Å². The van der Waals surface area contributed by atoms with Crippen LogP contribution in [0.1, 0.15) is 32.1 Å². The van der Waals surface area contributed by atoms with Gasteiger partial charge in [-0.1, -0.05) is 36.0 Å². The largest absolute Gasteiger partial charge is 0.492 e. The Morgan fingerprint density at radius 1 is 1.28 bits per heavy atom. The first-order valence-corrected chi connectivity index (χ1v) is 7.03. The van der Waals surface area contributed by atoms with Gasteiger partial charge in [0.1, 0.15) is 11.5 Å². The van der Waals surface area contributed by atoms with Crippen molar-refractivity contribution in [3.8, 4) is 5.75 Å². The molecular formula is C14H16Cl2O2. The lowest BCUT2D eigenvalue weighted by atomic mass is 10.0. The fourth-order valence-corrected chi connectivity index (χ4v) is 2.64. The summed E-state index contributed by atoms with van der Waals surface area (Å²) in [4.78, 5) is 11.8. The molecule has 1 saturated carbocycles. The number of ether oxygens (including phenoxy) is 1. The van der Waals surface area contributed by atoms with Crippen molar-refractivity contribution < 1.29 is 9.53 Å². The number of carbonyl (C=O) groups is 1. The van der Waals surface area contributed by atoms with Crippen LogP contribution in [0.15, 0.2) is 18.2 Å². The number of benzene rings is 1. The van der Waals surface area contributed by atoms with Crippen LogP contribution in [0.3, 0.4) is 0 Å². The molecule has 0 bridgehead atoms. The molecule has 1 aliphatic carbocycles. The molecule has 0 saturated heterocycles. The maximum atomic E-state index is 11.8. The molecule has 0 aliphatic heterocycles. The van der Waals surface area contributed by atoms with Crippen molar-refractivity contribution in [1.82, 2.24) is 0 Å². The highest BCUT2D eigenvalue weighted by Crippen LogP contribution is 2.29. The molecule has 0 atom stereocenters. The summed E-state index contributed by atoms with van der Waals surface area (Å²) in [6, 6.07) is 5.07. The standard InChI is InChI=1S/C14H16Cl2O2/c15-11-5-6-12(16)14(9-11)18-8-7-13(17)10-3-1-2-4-10/h5-6,9-10H,1-4,7-8H2. The van der Waals surface area contributed by atoms with E-state index >= 15 is 0 Å². The smallest absolute Gasteiger partial charge is 0.139 e. The fourth-order valence-electron chi connectivity index (χ4n) is 2.30. The van der Waals surface area contributed by atoms with Gasteiger partial charge in [-0.05, 0) is 25.0 Å². The van der Waals surface area contributed by atoms with Gasteiger partial charge >= 0.3 is 0 Å². The molecule has 2 nitrogen and oxygen atoms in total. The average molecular weight is 287 g/mol. The Balaban J connectivity index is 1.81. The highest BCUT2D eigenvalue weighted by atomic mass is 35.5. The topological polar surface area (TPSA) is 26.3 Å². The Morgan fingerprint density at radius 3 is 2.72 bits per heavy atom. The third-order valence-corrected chi connectivity index (χ3v) is 3.86. The highest BCUT2D eigenvalue weighted by molar-refractivity contribution is 6.34. The number of Topliss-reactive ketones (excluding diaryl/α,β-unsaturated/α-hetero) is 1. The summed E-state index contributed by atoms with van der Waals surface area (Å²) in [7, 11) is 0. The van der Waals surface area contributed by atoms with Gasteiger partial charge in [-0.25, -0.2) is 0 Å². The van der Waals surface area contributed by atoms with E-state index in [0.717, 1.165) is 12.8 Å². The van der Waals surface area contributed by atoms with Crippen LogP contribution in [-0.2, 0) is 4.79 Å². The molecule has 1 aliphatic rings. The number of ketones is 1. The van der Waals surface area contributed by atoms with E-state index in [1.54, 1.807) is 18.2 Å². The summed E-state index contributed by atoms with van der Waals surface area (Å²) in [5.74, 6) is 1.11. The Kier molecular flexibility index (Phi) is 4.90. The maximum absolute atomic E-state index is 11.8. The molecule has 4 heteroatoms. The second kappa shape index (κ2) is 6.44. The van der Waals surface area contributed by atoms with E-state index in [1.807, 2.05) is 0 Å². The number of rotatable bonds is 5. The van der Waals surface area contributed by atoms with Gasteiger partial charge in [0, 0.05) is 23.4 Å². The molecule has 2 rings (SSSR count). The summed E-state index contributed by atoms with van der Waals surface area (Å²) < 4.78 is 5.51. The summed E-state index contributed by atoms with van der Waals surface area (Å²) in [5, 5.41) is 1.10. The Hall–Kier alpha value is -0.730. The van der Waals surface area contributed by atoms with E-state index in [-0.39, 0.29) is 5.92 Å². The van der Waals surface area contributed by atoms with Crippen molar-refractivity contribution in [3.63, 3.8) is 0 Å². The van der Waals surface area contributed by atoms with Crippen molar-refractivity contribution in [2.75, 3.05) is 6.61 Å². The zero-order valence-corrected chi connectivity index (χ0v) is 11.6. The van der Waals surface area contributed by atoms with Crippen LogP contribution in [0.25, 0.3) is 0 Å². The SMILES string of the molecule is O=C(CCOc1cc(Cl)ccc1Cl)C1CCCC1. The number of halogens is 2. The van der Waals surface area contributed by atoms with E-state index in [2.05, 4.69) is 0 Å². The fraction of sp³-hybridized carbons (Fsp3) is 0.500. The van der Waals surface area contributed by atoms with Gasteiger partial charge in [-0.15, -0.1) is 0 Å². The molecule has 98 valence electrons. The van der Waals surface area contributed by atoms with Crippen LogP contribution in [0.4, 0.5) is 0 Å². The monoisotopic (exact) mass is 286 g/mol. The average Bonchev–Trinajstić information content (AvgIpc) is 2.87. The minimum Gasteiger partial charge on any atom is -0.492 e. The van der Waals surface area contributed by atoms with E-state index in [1.165, 1.54) is 12.8 Å². The normalized spacial score (nSPS) is 15.9. The van der Waals surface area contributed by atoms with E-state index in [4.69, 9.17) is 27.9 Å². The third-order valence-electron chi connectivity index (χ3n) is 3.31. The first-order chi connectivity index (χ1) is 8.66. The van der Waals surface area contributed by atoms with Crippen molar-refractivity contribution >= 4 is 29.0 Å². The molecular weight excluding hydrogens is 271 g/mol. The molecule has 0 unspecified atom stereocenters. The molecule has 1 fully saturated rings.